The third-order valence-corrected chi connectivity index (χ3v) is 3.54. The minimum Gasteiger partial charge on any atom is -0.399 e. The summed E-state index contributed by atoms with van der Waals surface area (Å²) < 4.78 is 5.48. The molecule has 1 saturated heterocycles. The van der Waals surface area contributed by atoms with E-state index in [4.69, 9.17) is 15.6 Å². The van der Waals surface area contributed by atoms with Crippen LogP contribution >= 0.6 is 0 Å². The number of nitrogens with zero attached hydrogens (tertiary/aromatic N) is 1. The van der Waals surface area contributed by atoms with Gasteiger partial charge in [-0.15, -0.1) is 0 Å². The molecule has 3 atom stereocenters. The van der Waals surface area contributed by atoms with E-state index in [9.17, 15) is 5.11 Å². The third kappa shape index (κ3) is 3.67. The van der Waals surface area contributed by atoms with E-state index in [-0.39, 0.29) is 18.8 Å². The molecule has 4 N–H and O–H groups in total. The maximum absolute atomic E-state index is 10.3. The lowest BCUT2D eigenvalue weighted by Crippen LogP contribution is -2.50. The molecule has 0 radical (unpaired) electrons. The van der Waals surface area contributed by atoms with Crippen molar-refractivity contribution in [1.82, 2.24) is 4.90 Å². The van der Waals surface area contributed by atoms with Crippen molar-refractivity contribution in [1.29, 1.82) is 0 Å². The van der Waals surface area contributed by atoms with Gasteiger partial charge in [0.25, 0.3) is 0 Å². The van der Waals surface area contributed by atoms with Gasteiger partial charge in [0.1, 0.15) is 0 Å². The second-order valence-electron chi connectivity index (χ2n) is 5.13. The second kappa shape index (κ2) is 6.34. The maximum Gasteiger partial charge on any atom is 0.0933 e. The zero-order valence-corrected chi connectivity index (χ0v) is 11.2. The van der Waals surface area contributed by atoms with Crippen LogP contribution in [0, 0.1) is 0 Å². The van der Waals surface area contributed by atoms with Crippen LogP contribution in [0.15, 0.2) is 24.3 Å². The number of anilines is 1. The fourth-order valence-corrected chi connectivity index (χ4v) is 2.33. The van der Waals surface area contributed by atoms with Crippen molar-refractivity contribution in [3.63, 3.8) is 0 Å². The number of nitrogens with two attached hydrogens (primary N) is 1. The number of β-amino-alcohol motifs (C(OH)–C–C–N with tert-alkyl or cyclic N) is 1. The van der Waals surface area contributed by atoms with E-state index < -0.39 is 6.10 Å². The summed E-state index contributed by atoms with van der Waals surface area (Å²) in [4.78, 5) is 2.14. The molecule has 5 heteroatoms. The van der Waals surface area contributed by atoms with Crippen molar-refractivity contribution in [2.24, 2.45) is 0 Å². The highest BCUT2D eigenvalue weighted by Crippen LogP contribution is 2.20. The van der Waals surface area contributed by atoms with Crippen LogP contribution in [0.1, 0.15) is 18.6 Å². The second-order valence-corrected chi connectivity index (χ2v) is 5.13. The van der Waals surface area contributed by atoms with Gasteiger partial charge >= 0.3 is 0 Å². The summed E-state index contributed by atoms with van der Waals surface area (Å²) in [5, 5.41) is 19.4. The number of hydrogen-bond acceptors (Lipinski definition) is 5. The lowest BCUT2D eigenvalue weighted by Gasteiger charge is -2.38. The van der Waals surface area contributed by atoms with Crippen molar-refractivity contribution in [3.05, 3.63) is 29.8 Å². The minimum atomic E-state index is -0.580. The van der Waals surface area contributed by atoms with Gasteiger partial charge in [-0.2, -0.15) is 0 Å². The Morgan fingerprint density at radius 1 is 1.53 bits per heavy atom. The zero-order chi connectivity index (χ0) is 13.8. The predicted molar refractivity (Wildman–Crippen MR) is 73.7 cm³/mol. The summed E-state index contributed by atoms with van der Waals surface area (Å²) in [7, 11) is 0. The molecular weight excluding hydrogens is 244 g/mol. The number of benzene rings is 1. The van der Waals surface area contributed by atoms with Gasteiger partial charge < -0.3 is 20.7 Å². The minimum absolute atomic E-state index is 0.0115. The highest BCUT2D eigenvalue weighted by Gasteiger charge is 2.27. The molecule has 1 heterocycles. The normalized spacial score (nSPS) is 26.3. The lowest BCUT2D eigenvalue weighted by molar-refractivity contribution is -0.0869. The SMILES string of the molecule is CC1COC(CO)CN1CC(O)c1cccc(N)c1. The molecule has 1 aromatic carbocycles. The van der Waals surface area contributed by atoms with Gasteiger partial charge in [0, 0.05) is 24.8 Å². The molecule has 1 aromatic rings. The van der Waals surface area contributed by atoms with Crippen LogP contribution in [0.2, 0.25) is 0 Å². The number of ether oxygens (including phenoxy) is 1. The van der Waals surface area contributed by atoms with Gasteiger partial charge in [0.2, 0.25) is 0 Å². The van der Waals surface area contributed by atoms with Gasteiger partial charge in [0.05, 0.1) is 25.4 Å². The summed E-state index contributed by atoms with van der Waals surface area (Å²) in [5.74, 6) is 0. The lowest BCUT2D eigenvalue weighted by atomic mass is 10.1. The van der Waals surface area contributed by atoms with Crippen LogP contribution in [-0.4, -0.2) is 53.6 Å². The summed E-state index contributed by atoms with van der Waals surface area (Å²) in [6.45, 7) is 3.80. The standard InChI is InChI=1S/C14H22N2O3/c1-10-9-19-13(8-17)6-16(10)7-14(18)11-3-2-4-12(15)5-11/h2-5,10,13-14,17-18H,6-9,15H2,1H3. The van der Waals surface area contributed by atoms with Crippen LogP contribution in [0.4, 0.5) is 5.69 Å². The highest BCUT2D eigenvalue weighted by molar-refractivity contribution is 5.41. The predicted octanol–water partition coefficient (Wildman–Crippen LogP) is 0.384. The van der Waals surface area contributed by atoms with Crippen LogP contribution in [0.5, 0.6) is 0 Å². The van der Waals surface area contributed by atoms with Gasteiger partial charge in [0.15, 0.2) is 0 Å². The van der Waals surface area contributed by atoms with Gasteiger partial charge in [-0.1, -0.05) is 12.1 Å². The molecule has 0 aliphatic carbocycles. The number of aliphatic hydroxyl groups excluding tert-OH is 2. The van der Waals surface area contributed by atoms with E-state index in [1.807, 2.05) is 12.1 Å². The Bertz CT molecular complexity index is 413. The van der Waals surface area contributed by atoms with Crippen molar-refractivity contribution in [3.8, 4) is 0 Å². The average Bonchev–Trinajstić information content (AvgIpc) is 2.41. The molecule has 106 valence electrons. The van der Waals surface area contributed by atoms with Crippen LogP contribution in [0.25, 0.3) is 0 Å². The Morgan fingerprint density at radius 3 is 3.00 bits per heavy atom. The Balaban J connectivity index is 1.99. The molecular formula is C14H22N2O3. The molecule has 19 heavy (non-hydrogen) atoms. The van der Waals surface area contributed by atoms with Crippen LogP contribution < -0.4 is 5.73 Å². The first-order chi connectivity index (χ1) is 9.10. The highest BCUT2D eigenvalue weighted by atomic mass is 16.5. The molecule has 1 aliphatic rings. The van der Waals surface area contributed by atoms with E-state index in [0.717, 1.165) is 5.56 Å². The fraction of sp³-hybridized carbons (Fsp3) is 0.571. The number of aliphatic hydroxyl groups is 2. The maximum atomic E-state index is 10.3. The molecule has 3 unspecified atom stereocenters. The van der Waals surface area contributed by atoms with E-state index in [0.29, 0.717) is 25.4 Å². The summed E-state index contributed by atoms with van der Waals surface area (Å²) in [6, 6.07) is 7.54. The van der Waals surface area contributed by atoms with E-state index in [1.165, 1.54) is 0 Å². The molecule has 5 nitrogen and oxygen atoms in total. The molecule has 0 bridgehead atoms. The summed E-state index contributed by atoms with van der Waals surface area (Å²) in [6.07, 6.45) is -0.743. The Morgan fingerprint density at radius 2 is 2.32 bits per heavy atom. The Kier molecular flexibility index (Phi) is 4.76. The molecule has 0 saturated carbocycles. The first kappa shape index (κ1) is 14.3. The van der Waals surface area contributed by atoms with Crippen molar-refractivity contribution >= 4 is 5.69 Å². The molecule has 0 spiro atoms. The monoisotopic (exact) mass is 266 g/mol. The quantitative estimate of drug-likeness (QED) is 0.687. The Hall–Kier alpha value is -1.14. The molecule has 0 amide bonds. The molecule has 2 rings (SSSR count). The summed E-state index contributed by atoms with van der Waals surface area (Å²) in [5.41, 5.74) is 7.19. The topological polar surface area (TPSA) is 79.0 Å². The summed E-state index contributed by atoms with van der Waals surface area (Å²) >= 11 is 0. The van der Waals surface area contributed by atoms with Crippen LogP contribution in [0.3, 0.4) is 0 Å². The number of nitrogen functional groups attached to an aromatic ring is 1. The zero-order valence-electron chi connectivity index (χ0n) is 11.2. The van der Waals surface area contributed by atoms with Crippen molar-refractivity contribution < 1.29 is 14.9 Å². The molecule has 1 aliphatic heterocycles. The fourth-order valence-electron chi connectivity index (χ4n) is 2.33. The molecule has 1 fully saturated rings. The van der Waals surface area contributed by atoms with E-state index >= 15 is 0 Å². The van der Waals surface area contributed by atoms with Crippen molar-refractivity contribution in [2.45, 2.75) is 25.2 Å². The smallest absolute Gasteiger partial charge is 0.0933 e. The van der Waals surface area contributed by atoms with Gasteiger partial charge in [-0.25, -0.2) is 0 Å². The van der Waals surface area contributed by atoms with Gasteiger partial charge in [-0.05, 0) is 24.6 Å². The largest absolute Gasteiger partial charge is 0.399 e. The van der Waals surface area contributed by atoms with E-state index in [1.54, 1.807) is 12.1 Å². The third-order valence-electron chi connectivity index (χ3n) is 3.54. The average molecular weight is 266 g/mol. The first-order valence-corrected chi connectivity index (χ1v) is 6.60. The number of rotatable bonds is 4. The van der Waals surface area contributed by atoms with Gasteiger partial charge in [-0.3, -0.25) is 4.90 Å². The van der Waals surface area contributed by atoms with Crippen molar-refractivity contribution in [2.75, 3.05) is 32.0 Å². The van der Waals surface area contributed by atoms with Crippen LogP contribution in [-0.2, 0) is 4.74 Å². The molecule has 0 aromatic heterocycles. The Labute approximate surface area is 113 Å². The first-order valence-electron chi connectivity index (χ1n) is 6.60. The number of hydrogen-bond donors (Lipinski definition) is 3. The van der Waals surface area contributed by atoms with E-state index in [2.05, 4.69) is 11.8 Å². The number of morpholine rings is 1.